The Bertz CT molecular complexity index is 800. The van der Waals surface area contributed by atoms with E-state index in [-0.39, 0.29) is 12.0 Å². The van der Waals surface area contributed by atoms with Crippen LogP contribution in [0.5, 0.6) is 0 Å². The quantitative estimate of drug-likeness (QED) is 0.512. The van der Waals surface area contributed by atoms with Crippen LogP contribution in [0.1, 0.15) is 18.2 Å². The van der Waals surface area contributed by atoms with Gasteiger partial charge in [0.25, 0.3) is 5.56 Å². The average Bonchev–Trinajstić information content (AvgIpc) is 2.92. The maximum Gasteiger partial charge on any atom is 0.471 e. The SMILES string of the molecule is O=C(NC/C=C/c1cn([C@H]2CC(O)[C@@H](CO)O2)c(=O)[nH]c1=O)C(F)(F)F. The Morgan fingerprint density at radius 1 is 1.46 bits per heavy atom. The molecular weight excluding hydrogens is 363 g/mol. The third-order valence-electron chi connectivity index (χ3n) is 3.63. The van der Waals surface area contributed by atoms with E-state index in [9.17, 15) is 32.7 Å². The fraction of sp³-hybridized carbons (Fsp3) is 0.500. The third-order valence-corrected chi connectivity index (χ3v) is 3.63. The number of rotatable bonds is 5. The van der Waals surface area contributed by atoms with E-state index in [1.165, 1.54) is 0 Å². The smallest absolute Gasteiger partial charge is 0.394 e. The van der Waals surface area contributed by atoms with E-state index in [0.29, 0.717) is 0 Å². The fourth-order valence-corrected chi connectivity index (χ4v) is 2.32. The average molecular weight is 379 g/mol. The zero-order chi connectivity index (χ0) is 19.5. The molecule has 2 heterocycles. The van der Waals surface area contributed by atoms with Gasteiger partial charge in [0.2, 0.25) is 0 Å². The van der Waals surface area contributed by atoms with Crippen molar-refractivity contribution >= 4 is 12.0 Å². The summed E-state index contributed by atoms with van der Waals surface area (Å²) in [6.45, 7) is -0.941. The van der Waals surface area contributed by atoms with Crippen LogP contribution in [0, 0.1) is 0 Å². The van der Waals surface area contributed by atoms with Crippen molar-refractivity contribution in [2.75, 3.05) is 13.2 Å². The van der Waals surface area contributed by atoms with E-state index in [1.54, 1.807) is 5.32 Å². The van der Waals surface area contributed by atoms with Gasteiger partial charge in [0.1, 0.15) is 12.3 Å². The molecule has 12 heteroatoms. The Morgan fingerprint density at radius 3 is 2.73 bits per heavy atom. The lowest BCUT2D eigenvalue weighted by atomic mass is 10.2. The number of hydrogen-bond acceptors (Lipinski definition) is 6. The number of hydrogen-bond donors (Lipinski definition) is 4. The molecule has 1 aliphatic rings. The highest BCUT2D eigenvalue weighted by atomic mass is 19.4. The van der Waals surface area contributed by atoms with Crippen LogP contribution in [0.3, 0.4) is 0 Å². The molecule has 1 fully saturated rings. The Kier molecular flexibility index (Phi) is 6.00. The minimum Gasteiger partial charge on any atom is -0.394 e. The van der Waals surface area contributed by atoms with Gasteiger partial charge in [0, 0.05) is 19.2 Å². The molecule has 9 nitrogen and oxygen atoms in total. The second kappa shape index (κ2) is 7.85. The molecule has 26 heavy (non-hydrogen) atoms. The first-order valence-corrected chi connectivity index (χ1v) is 7.45. The van der Waals surface area contributed by atoms with Crippen LogP contribution in [0.4, 0.5) is 13.2 Å². The lowest BCUT2D eigenvalue weighted by molar-refractivity contribution is -0.173. The maximum absolute atomic E-state index is 12.0. The van der Waals surface area contributed by atoms with Gasteiger partial charge < -0.3 is 20.3 Å². The predicted molar refractivity (Wildman–Crippen MR) is 81.0 cm³/mol. The summed E-state index contributed by atoms with van der Waals surface area (Å²) in [7, 11) is 0. The van der Waals surface area contributed by atoms with Gasteiger partial charge in [-0.25, -0.2) is 4.79 Å². The monoisotopic (exact) mass is 379 g/mol. The number of ether oxygens (including phenoxy) is 1. The molecule has 0 radical (unpaired) electrons. The van der Waals surface area contributed by atoms with Crippen molar-refractivity contribution in [2.45, 2.75) is 31.0 Å². The molecule has 144 valence electrons. The van der Waals surface area contributed by atoms with E-state index < -0.39 is 54.9 Å². The highest BCUT2D eigenvalue weighted by Gasteiger charge is 2.38. The Balaban J connectivity index is 2.13. The molecule has 1 amide bonds. The van der Waals surface area contributed by atoms with Crippen LogP contribution in [0.15, 0.2) is 21.9 Å². The number of aliphatic hydroxyl groups excluding tert-OH is 2. The standard InChI is InChI=1S/C14H16F3N3O6/c15-14(16,17)12(24)18-3-1-2-7-5-20(13(25)19-11(7)23)10-4-8(22)9(6-21)26-10/h1-2,5,8-10,21-22H,3-4,6H2,(H,18,24)(H,19,23,25)/b2-1+/t8?,9-,10-/m1/s1. The Hall–Kier alpha value is -2.44. The second-order valence-electron chi connectivity index (χ2n) is 5.48. The predicted octanol–water partition coefficient (Wildman–Crippen LogP) is -1.13. The molecule has 0 aliphatic carbocycles. The molecule has 3 atom stereocenters. The first-order valence-electron chi connectivity index (χ1n) is 7.45. The summed E-state index contributed by atoms with van der Waals surface area (Å²) in [4.78, 5) is 36.3. The molecule has 0 saturated carbocycles. The van der Waals surface area contributed by atoms with Crippen molar-refractivity contribution in [3.05, 3.63) is 38.7 Å². The summed E-state index contributed by atoms with van der Waals surface area (Å²) in [6, 6.07) is 0. The van der Waals surface area contributed by atoms with E-state index in [2.05, 4.69) is 0 Å². The number of nitrogens with one attached hydrogen (secondary N) is 2. The first-order chi connectivity index (χ1) is 12.1. The number of aliphatic hydroxyl groups is 2. The second-order valence-corrected chi connectivity index (χ2v) is 5.48. The number of amides is 1. The van der Waals surface area contributed by atoms with Crippen molar-refractivity contribution in [1.29, 1.82) is 0 Å². The number of aromatic amines is 1. The number of H-pyrrole nitrogens is 1. The molecule has 1 aromatic heterocycles. The van der Waals surface area contributed by atoms with Crippen molar-refractivity contribution in [3.63, 3.8) is 0 Å². The fourth-order valence-electron chi connectivity index (χ4n) is 2.32. The van der Waals surface area contributed by atoms with Gasteiger partial charge in [-0.1, -0.05) is 12.2 Å². The summed E-state index contributed by atoms with van der Waals surface area (Å²) in [5.41, 5.74) is -1.67. The first kappa shape index (κ1) is 19.9. The lowest BCUT2D eigenvalue weighted by Crippen LogP contribution is -2.36. The van der Waals surface area contributed by atoms with Crippen LogP contribution < -0.4 is 16.6 Å². The van der Waals surface area contributed by atoms with Crippen LogP contribution in [-0.2, 0) is 9.53 Å². The third kappa shape index (κ3) is 4.59. The summed E-state index contributed by atoms with van der Waals surface area (Å²) < 4.78 is 42.4. The molecule has 1 unspecified atom stereocenters. The highest BCUT2D eigenvalue weighted by molar-refractivity contribution is 5.81. The van der Waals surface area contributed by atoms with Crippen molar-refractivity contribution in [2.24, 2.45) is 0 Å². The number of nitrogens with zero attached hydrogens (tertiary/aromatic N) is 1. The number of alkyl halides is 3. The molecule has 0 bridgehead atoms. The zero-order valence-electron chi connectivity index (χ0n) is 13.2. The minimum absolute atomic E-state index is 0.00196. The number of halogens is 3. The molecule has 1 aromatic rings. The number of carbonyl (C=O) groups is 1. The van der Waals surface area contributed by atoms with Crippen molar-refractivity contribution < 1.29 is 32.9 Å². The van der Waals surface area contributed by atoms with Gasteiger partial charge in [0.05, 0.1) is 18.3 Å². The molecule has 0 spiro atoms. The van der Waals surface area contributed by atoms with Crippen molar-refractivity contribution in [1.82, 2.24) is 14.9 Å². The zero-order valence-corrected chi connectivity index (χ0v) is 13.2. The van der Waals surface area contributed by atoms with Gasteiger partial charge in [-0.15, -0.1) is 0 Å². The highest BCUT2D eigenvalue weighted by Crippen LogP contribution is 2.27. The largest absolute Gasteiger partial charge is 0.471 e. The van der Waals surface area contributed by atoms with Gasteiger partial charge in [-0.3, -0.25) is 19.1 Å². The van der Waals surface area contributed by atoms with Crippen LogP contribution in [0.2, 0.25) is 0 Å². The van der Waals surface area contributed by atoms with E-state index in [4.69, 9.17) is 9.84 Å². The van der Waals surface area contributed by atoms with Crippen LogP contribution in [-0.4, -0.2) is 57.2 Å². The minimum atomic E-state index is -5.01. The van der Waals surface area contributed by atoms with E-state index in [0.717, 1.165) is 22.9 Å². The van der Waals surface area contributed by atoms with Gasteiger partial charge in [-0.2, -0.15) is 13.2 Å². The van der Waals surface area contributed by atoms with E-state index in [1.807, 2.05) is 4.98 Å². The van der Waals surface area contributed by atoms with E-state index >= 15 is 0 Å². The summed E-state index contributed by atoms with van der Waals surface area (Å²) in [6.07, 6.45) is -4.48. The number of carbonyl (C=O) groups excluding carboxylic acids is 1. The number of aromatic nitrogens is 2. The van der Waals surface area contributed by atoms with Gasteiger partial charge in [-0.05, 0) is 0 Å². The summed E-state index contributed by atoms with van der Waals surface area (Å²) in [5, 5.41) is 20.4. The Morgan fingerprint density at radius 2 is 2.15 bits per heavy atom. The Labute approximate surface area is 143 Å². The maximum atomic E-state index is 12.0. The van der Waals surface area contributed by atoms with Gasteiger partial charge in [0.15, 0.2) is 0 Å². The lowest BCUT2D eigenvalue weighted by Gasteiger charge is -2.14. The topological polar surface area (TPSA) is 134 Å². The molecule has 1 aliphatic heterocycles. The summed E-state index contributed by atoms with van der Waals surface area (Å²) >= 11 is 0. The molecule has 1 saturated heterocycles. The summed E-state index contributed by atoms with van der Waals surface area (Å²) in [5.74, 6) is -2.12. The van der Waals surface area contributed by atoms with Crippen molar-refractivity contribution in [3.8, 4) is 0 Å². The normalized spacial score (nSPS) is 23.5. The van der Waals surface area contributed by atoms with Gasteiger partial charge >= 0.3 is 17.8 Å². The van der Waals surface area contributed by atoms with Crippen LogP contribution in [0.25, 0.3) is 6.08 Å². The molecule has 2 rings (SSSR count). The molecule has 0 aromatic carbocycles. The molecular formula is C14H16F3N3O6. The molecule has 4 N–H and O–H groups in total. The van der Waals surface area contributed by atoms with Crippen LogP contribution >= 0.6 is 0 Å².